The molecular formula is C36H45N5O10S. The summed E-state index contributed by atoms with van der Waals surface area (Å²) in [5.74, 6) is -1.44. The van der Waals surface area contributed by atoms with Crippen LogP contribution in [0, 0.1) is 17.8 Å². The van der Waals surface area contributed by atoms with Crippen molar-refractivity contribution in [2.24, 2.45) is 17.8 Å². The molecule has 2 saturated carbocycles. The summed E-state index contributed by atoms with van der Waals surface area (Å²) in [6.45, 7) is 6.14. The molecule has 15 nitrogen and oxygen atoms in total. The summed E-state index contributed by atoms with van der Waals surface area (Å²) in [4.78, 5) is 60.3. The third kappa shape index (κ3) is 6.72. The van der Waals surface area contributed by atoms with Gasteiger partial charge in [0.15, 0.2) is 11.5 Å². The third-order valence-electron chi connectivity index (χ3n) is 11.2. The predicted molar refractivity (Wildman–Crippen MR) is 187 cm³/mol. The Kier molecular flexibility index (Phi) is 9.24. The van der Waals surface area contributed by atoms with Gasteiger partial charge in [-0.3, -0.25) is 19.1 Å². The number of benzene rings is 1. The van der Waals surface area contributed by atoms with E-state index in [9.17, 15) is 32.7 Å². The molecule has 3 fully saturated rings. The van der Waals surface area contributed by atoms with Crippen LogP contribution in [-0.4, -0.2) is 95.5 Å². The van der Waals surface area contributed by atoms with Gasteiger partial charge in [-0.05, 0) is 75.5 Å². The summed E-state index contributed by atoms with van der Waals surface area (Å²) < 4.78 is 45.4. The molecule has 4 heterocycles. The number of carboxylic acid groups (broad SMARTS) is 1. The Labute approximate surface area is 301 Å². The zero-order valence-corrected chi connectivity index (χ0v) is 30.2. The van der Waals surface area contributed by atoms with Gasteiger partial charge in [-0.2, -0.15) is 0 Å². The molecule has 4 N–H and O–H groups in total. The fourth-order valence-corrected chi connectivity index (χ4v) is 9.03. The van der Waals surface area contributed by atoms with Crippen LogP contribution in [-0.2, 0) is 24.4 Å². The van der Waals surface area contributed by atoms with Gasteiger partial charge >= 0.3 is 6.09 Å². The van der Waals surface area contributed by atoms with Crippen molar-refractivity contribution in [2.45, 2.75) is 94.2 Å². The largest absolute Gasteiger partial charge is 0.486 e. The Hall–Kier alpha value is -4.60. The number of aromatic nitrogens is 1. The monoisotopic (exact) mass is 739 g/mol. The van der Waals surface area contributed by atoms with E-state index < -0.39 is 74.1 Å². The van der Waals surface area contributed by atoms with Crippen molar-refractivity contribution >= 4 is 44.6 Å². The summed E-state index contributed by atoms with van der Waals surface area (Å²) in [6.07, 6.45) is 6.18. The topological polar surface area (TPSA) is 203 Å². The number of rotatable bonds is 6. The molecule has 1 saturated heterocycles. The second kappa shape index (κ2) is 13.4. The molecule has 0 radical (unpaired) electrons. The Bertz CT molecular complexity index is 1930. The van der Waals surface area contributed by atoms with Crippen LogP contribution < -0.4 is 29.6 Å². The number of hydrogen-bond donors (Lipinski definition) is 4. The van der Waals surface area contributed by atoms with Crippen LogP contribution in [0.25, 0.3) is 10.8 Å². The molecule has 0 spiro atoms. The second-order valence-electron chi connectivity index (χ2n) is 15.2. The smallest absolute Gasteiger partial charge is 0.405 e. The van der Waals surface area contributed by atoms with E-state index in [0.717, 1.165) is 6.42 Å². The van der Waals surface area contributed by atoms with E-state index >= 15 is 0 Å². The van der Waals surface area contributed by atoms with Crippen molar-refractivity contribution in [1.29, 1.82) is 0 Å². The highest BCUT2D eigenvalue weighted by Crippen LogP contribution is 2.48. The average Bonchev–Trinajstić information content (AvgIpc) is 3.98. The van der Waals surface area contributed by atoms with Crippen LogP contribution in [0.4, 0.5) is 4.79 Å². The van der Waals surface area contributed by atoms with E-state index in [1.165, 1.54) is 4.90 Å². The first-order valence-corrected chi connectivity index (χ1v) is 19.4. The van der Waals surface area contributed by atoms with Crippen LogP contribution in [0.3, 0.4) is 0 Å². The number of nitrogens with one attached hydrogen (secondary N) is 3. The minimum atomic E-state index is -4.00. The van der Waals surface area contributed by atoms with E-state index in [0.29, 0.717) is 61.2 Å². The van der Waals surface area contributed by atoms with E-state index in [1.54, 1.807) is 31.3 Å². The number of sulfonamides is 1. The number of carbonyl (C=O) groups is 4. The van der Waals surface area contributed by atoms with Crippen LogP contribution in [0.15, 0.2) is 36.5 Å². The lowest BCUT2D eigenvalue weighted by molar-refractivity contribution is -0.142. The zero-order valence-electron chi connectivity index (χ0n) is 29.4. The number of ether oxygens (including phenoxy) is 3. The summed E-state index contributed by atoms with van der Waals surface area (Å²) in [6, 6.07) is 3.01. The highest BCUT2D eigenvalue weighted by molar-refractivity contribution is 7.91. The lowest BCUT2D eigenvalue weighted by Gasteiger charge is -2.32. The molecule has 2 aliphatic carbocycles. The van der Waals surface area contributed by atoms with E-state index in [2.05, 4.69) is 20.3 Å². The summed E-state index contributed by atoms with van der Waals surface area (Å²) >= 11 is 0. The van der Waals surface area contributed by atoms with Crippen molar-refractivity contribution in [3.63, 3.8) is 0 Å². The number of carbonyl (C=O) groups excluding carboxylic acids is 3. The molecule has 16 heteroatoms. The van der Waals surface area contributed by atoms with Crippen molar-refractivity contribution in [3.05, 3.63) is 36.5 Å². The number of allylic oxidation sites excluding steroid dienone is 1. The second-order valence-corrected chi connectivity index (χ2v) is 17.4. The van der Waals surface area contributed by atoms with Gasteiger partial charge in [-0.25, -0.2) is 18.2 Å². The average molecular weight is 740 g/mol. The van der Waals surface area contributed by atoms with Gasteiger partial charge in [0.2, 0.25) is 27.7 Å². The molecule has 280 valence electrons. The molecule has 5 aliphatic rings. The molecule has 3 aliphatic heterocycles. The molecule has 7 atom stereocenters. The van der Waals surface area contributed by atoms with Gasteiger partial charge in [0, 0.05) is 29.3 Å². The molecule has 1 aromatic heterocycles. The van der Waals surface area contributed by atoms with Crippen LogP contribution in [0.2, 0.25) is 0 Å². The summed E-state index contributed by atoms with van der Waals surface area (Å²) in [7, 11) is -4.00. The van der Waals surface area contributed by atoms with E-state index in [-0.39, 0.29) is 31.2 Å². The van der Waals surface area contributed by atoms with Gasteiger partial charge in [-0.15, -0.1) is 0 Å². The molecule has 52 heavy (non-hydrogen) atoms. The van der Waals surface area contributed by atoms with Gasteiger partial charge in [-0.1, -0.05) is 26.0 Å². The summed E-state index contributed by atoms with van der Waals surface area (Å²) in [5, 5.41) is 16.4. The zero-order chi connectivity index (χ0) is 37.0. The lowest BCUT2D eigenvalue weighted by atomic mass is 9.88. The SMILES string of the molecule is C[C@H]1CC/C=C\C2CC2(C(=O)NS(=O)(=O)C2(C)CC2)NC(=O)[C@@H]2C[C@@H](Oc3nccc4c5c(ccc34)OCCO5)CN2C(=O)[C@@H](NC(=O)O)[C@H](C)C1. The minimum absolute atomic E-state index is 0.000652. The maximum atomic E-state index is 14.4. The van der Waals surface area contributed by atoms with E-state index in [4.69, 9.17) is 14.2 Å². The Morgan fingerprint density at radius 2 is 1.87 bits per heavy atom. The lowest BCUT2D eigenvalue weighted by Crippen LogP contribution is -2.59. The maximum Gasteiger partial charge on any atom is 0.405 e. The van der Waals surface area contributed by atoms with Gasteiger partial charge < -0.3 is 34.9 Å². The molecular weight excluding hydrogens is 694 g/mol. The summed E-state index contributed by atoms with van der Waals surface area (Å²) in [5.41, 5.74) is -1.55. The molecule has 4 amide bonds. The Morgan fingerprint density at radius 3 is 2.62 bits per heavy atom. The number of fused-ring (bicyclic) bond motifs is 5. The Balaban J connectivity index is 1.21. The number of hydrogen-bond acceptors (Lipinski definition) is 10. The molecule has 0 bridgehead atoms. The molecule has 2 aromatic rings. The van der Waals surface area contributed by atoms with Gasteiger partial charge in [0.1, 0.15) is 36.9 Å². The Morgan fingerprint density at radius 1 is 1.10 bits per heavy atom. The van der Waals surface area contributed by atoms with Crippen molar-refractivity contribution < 1.29 is 46.9 Å². The van der Waals surface area contributed by atoms with E-state index in [1.807, 2.05) is 26.0 Å². The van der Waals surface area contributed by atoms with Crippen molar-refractivity contribution in [1.82, 2.24) is 25.2 Å². The minimum Gasteiger partial charge on any atom is -0.486 e. The standard InChI is InChI=1S/C36H45N5O10S/c1-20-6-4-5-7-22-18-36(22,33(44)40-52(47,48)35(3)11-12-35)39-30(42)26-17-23(19-41(26)32(43)28(21(2)16-20)38-34(45)46)51-31-25-8-9-27-29(50-15-14-49-27)24(25)10-13-37-31/h5,7-10,13,20-23,26,28,38H,4,6,11-12,14-19H2,1-3H3,(H,39,42)(H,40,44)(H,45,46)/b7-5-/t20-,21+,22?,23+,26-,28-,36?/m0/s1. The number of nitrogens with zero attached hydrogens (tertiary/aromatic N) is 2. The number of pyridine rings is 1. The van der Waals surface area contributed by atoms with Crippen molar-refractivity contribution in [2.75, 3.05) is 19.8 Å². The third-order valence-corrected chi connectivity index (χ3v) is 13.4. The normalized spacial score (nSPS) is 31.9. The van der Waals surface area contributed by atoms with Crippen molar-refractivity contribution in [3.8, 4) is 17.4 Å². The predicted octanol–water partition coefficient (Wildman–Crippen LogP) is 2.88. The molecule has 7 rings (SSSR count). The van der Waals surface area contributed by atoms with Gasteiger partial charge in [0.25, 0.3) is 5.91 Å². The number of amides is 4. The molecule has 1 aromatic carbocycles. The first-order chi connectivity index (χ1) is 24.7. The van der Waals surface area contributed by atoms with Crippen LogP contribution in [0.5, 0.6) is 17.4 Å². The van der Waals surface area contributed by atoms with Crippen LogP contribution in [0.1, 0.15) is 65.7 Å². The quantitative estimate of drug-likeness (QED) is 0.318. The van der Waals surface area contributed by atoms with Gasteiger partial charge in [0.05, 0.1) is 11.3 Å². The molecule has 2 unspecified atom stereocenters. The highest BCUT2D eigenvalue weighted by atomic mass is 32.2. The first kappa shape index (κ1) is 35.8. The van der Waals surface area contributed by atoms with Crippen LogP contribution >= 0.6 is 0 Å². The maximum absolute atomic E-state index is 14.4. The highest BCUT2D eigenvalue weighted by Gasteiger charge is 2.63. The first-order valence-electron chi connectivity index (χ1n) is 17.9. The fraction of sp³-hybridized carbons (Fsp3) is 0.583. The fourth-order valence-electron chi connectivity index (χ4n) is 7.72.